The first-order chi connectivity index (χ1) is 6.48. The highest BCUT2D eigenvalue weighted by atomic mass is 16.5. The number of hydrogen-bond acceptors (Lipinski definition) is 2. The second kappa shape index (κ2) is 2.86. The lowest BCUT2D eigenvalue weighted by atomic mass is 9.97. The molecule has 1 saturated carbocycles. The Morgan fingerprint density at radius 3 is 2.43 bits per heavy atom. The Kier molecular flexibility index (Phi) is 2.00. The summed E-state index contributed by atoms with van der Waals surface area (Å²) in [6.07, 6.45) is 3.27. The van der Waals surface area contributed by atoms with Crippen LogP contribution in [0.25, 0.3) is 0 Å². The maximum absolute atomic E-state index is 11.2. The minimum absolute atomic E-state index is 0.227. The molecule has 4 nitrogen and oxygen atoms in total. The molecule has 0 unspecified atom stereocenters. The largest absolute Gasteiger partial charge is 0.465 e. The highest BCUT2D eigenvalue weighted by molar-refractivity contribution is 5.67. The fourth-order valence-electron chi connectivity index (χ4n) is 2.85. The lowest BCUT2D eigenvalue weighted by Gasteiger charge is -2.37. The molecule has 2 rings (SSSR count). The second-order valence-electron chi connectivity index (χ2n) is 4.78. The van der Waals surface area contributed by atoms with Gasteiger partial charge in [-0.25, -0.2) is 4.79 Å². The first kappa shape index (κ1) is 9.77. The standard InChI is InChI=1S/C10H17NO3/c1-9(2)11(8(12)13)10(7-14-9)5-3-4-6-10/h3-7H2,1-2H3,(H,12,13). The number of ether oxygens (including phenoxy) is 1. The van der Waals surface area contributed by atoms with Crippen molar-refractivity contribution in [3.05, 3.63) is 0 Å². The van der Waals surface area contributed by atoms with Crippen LogP contribution in [0, 0.1) is 0 Å². The van der Waals surface area contributed by atoms with Gasteiger partial charge in [0.25, 0.3) is 0 Å². The predicted molar refractivity (Wildman–Crippen MR) is 51.1 cm³/mol. The Morgan fingerprint density at radius 1 is 1.36 bits per heavy atom. The predicted octanol–water partition coefficient (Wildman–Crippen LogP) is 2.05. The molecule has 80 valence electrons. The summed E-state index contributed by atoms with van der Waals surface area (Å²) in [5, 5.41) is 9.22. The number of carboxylic acid groups (broad SMARTS) is 1. The van der Waals surface area contributed by atoms with E-state index in [4.69, 9.17) is 4.74 Å². The Morgan fingerprint density at radius 2 is 1.93 bits per heavy atom. The van der Waals surface area contributed by atoms with Gasteiger partial charge in [0.05, 0.1) is 12.1 Å². The van der Waals surface area contributed by atoms with Crippen LogP contribution < -0.4 is 0 Å². The van der Waals surface area contributed by atoms with Crippen LogP contribution in [0.2, 0.25) is 0 Å². The maximum Gasteiger partial charge on any atom is 0.410 e. The van der Waals surface area contributed by atoms with Crippen LogP contribution in [0.1, 0.15) is 39.5 Å². The van der Waals surface area contributed by atoms with Gasteiger partial charge in [0.2, 0.25) is 0 Å². The van der Waals surface area contributed by atoms with Crippen molar-refractivity contribution in [1.82, 2.24) is 4.90 Å². The smallest absolute Gasteiger partial charge is 0.410 e. The van der Waals surface area contributed by atoms with E-state index < -0.39 is 11.8 Å². The van der Waals surface area contributed by atoms with Gasteiger partial charge in [-0.05, 0) is 26.7 Å². The first-order valence-electron chi connectivity index (χ1n) is 5.15. The zero-order valence-corrected chi connectivity index (χ0v) is 8.75. The van der Waals surface area contributed by atoms with Crippen LogP contribution in [0.4, 0.5) is 4.79 Å². The Labute approximate surface area is 83.8 Å². The lowest BCUT2D eigenvalue weighted by Crippen LogP contribution is -2.53. The molecule has 0 radical (unpaired) electrons. The Hall–Kier alpha value is -0.770. The molecule has 2 fully saturated rings. The molecule has 1 N–H and O–H groups in total. The summed E-state index contributed by atoms with van der Waals surface area (Å²) in [4.78, 5) is 12.7. The number of hydrogen-bond donors (Lipinski definition) is 1. The van der Waals surface area contributed by atoms with Gasteiger partial charge in [0.1, 0.15) is 5.72 Å². The molecule has 4 heteroatoms. The summed E-state index contributed by atoms with van der Waals surface area (Å²) in [6, 6.07) is 0. The fraction of sp³-hybridized carbons (Fsp3) is 0.900. The van der Waals surface area contributed by atoms with Crippen LogP contribution in [-0.4, -0.2) is 34.0 Å². The second-order valence-corrected chi connectivity index (χ2v) is 4.78. The SMILES string of the molecule is CC1(C)OCC2(CCCC2)N1C(=O)O. The third kappa shape index (κ3) is 1.21. The molecule has 0 aromatic rings. The Balaban J connectivity index is 2.31. The fourth-order valence-corrected chi connectivity index (χ4v) is 2.85. The van der Waals surface area contributed by atoms with Crippen molar-refractivity contribution in [3.63, 3.8) is 0 Å². The summed E-state index contributed by atoms with van der Waals surface area (Å²) >= 11 is 0. The van der Waals surface area contributed by atoms with E-state index in [0.29, 0.717) is 6.61 Å². The minimum Gasteiger partial charge on any atom is -0.465 e. The first-order valence-corrected chi connectivity index (χ1v) is 5.15. The van der Waals surface area contributed by atoms with Gasteiger partial charge in [-0.3, -0.25) is 4.90 Å². The molecule has 14 heavy (non-hydrogen) atoms. The highest BCUT2D eigenvalue weighted by Crippen LogP contribution is 2.45. The van der Waals surface area contributed by atoms with Crippen molar-refractivity contribution in [2.24, 2.45) is 0 Å². The number of amides is 1. The van der Waals surface area contributed by atoms with Crippen molar-refractivity contribution in [1.29, 1.82) is 0 Å². The molecule has 0 bridgehead atoms. The van der Waals surface area contributed by atoms with Crippen LogP contribution >= 0.6 is 0 Å². The maximum atomic E-state index is 11.2. The third-order valence-corrected chi connectivity index (χ3v) is 3.43. The molecule has 0 aromatic carbocycles. The molecular weight excluding hydrogens is 182 g/mol. The molecule has 1 heterocycles. The van der Waals surface area contributed by atoms with Gasteiger partial charge in [-0.1, -0.05) is 12.8 Å². The number of nitrogens with zero attached hydrogens (tertiary/aromatic N) is 1. The van der Waals surface area contributed by atoms with Crippen LogP contribution in [0.5, 0.6) is 0 Å². The molecule has 1 aliphatic heterocycles. The van der Waals surface area contributed by atoms with Crippen molar-refractivity contribution >= 4 is 6.09 Å². The minimum atomic E-state index is -0.852. The quantitative estimate of drug-likeness (QED) is 0.649. The van der Waals surface area contributed by atoms with E-state index in [1.165, 1.54) is 4.90 Å². The van der Waals surface area contributed by atoms with Gasteiger partial charge >= 0.3 is 6.09 Å². The van der Waals surface area contributed by atoms with E-state index in [-0.39, 0.29) is 5.54 Å². The van der Waals surface area contributed by atoms with Crippen molar-refractivity contribution < 1.29 is 14.6 Å². The van der Waals surface area contributed by atoms with Gasteiger partial charge in [-0.15, -0.1) is 0 Å². The molecule has 1 spiro atoms. The van der Waals surface area contributed by atoms with E-state index in [0.717, 1.165) is 25.7 Å². The molecule has 0 aromatic heterocycles. The molecule has 1 aliphatic carbocycles. The molecule has 2 aliphatic rings. The third-order valence-electron chi connectivity index (χ3n) is 3.43. The molecule has 0 atom stereocenters. The van der Waals surface area contributed by atoms with Crippen molar-refractivity contribution in [3.8, 4) is 0 Å². The molecule has 1 saturated heterocycles. The van der Waals surface area contributed by atoms with E-state index in [1.54, 1.807) is 0 Å². The normalized spacial score (nSPS) is 28.6. The van der Waals surface area contributed by atoms with E-state index in [1.807, 2.05) is 13.8 Å². The topological polar surface area (TPSA) is 49.8 Å². The van der Waals surface area contributed by atoms with E-state index in [2.05, 4.69) is 0 Å². The van der Waals surface area contributed by atoms with E-state index >= 15 is 0 Å². The average Bonchev–Trinajstić information content (AvgIpc) is 2.59. The highest BCUT2D eigenvalue weighted by Gasteiger charge is 2.55. The van der Waals surface area contributed by atoms with Gasteiger partial charge in [0, 0.05) is 0 Å². The number of carbonyl (C=O) groups is 1. The Bertz CT molecular complexity index is 256. The molecule has 1 amide bonds. The van der Waals surface area contributed by atoms with Crippen LogP contribution in [0.3, 0.4) is 0 Å². The summed E-state index contributed by atoms with van der Waals surface area (Å²) in [7, 11) is 0. The summed E-state index contributed by atoms with van der Waals surface area (Å²) in [5.41, 5.74) is -0.883. The zero-order chi connectivity index (χ0) is 10.4. The van der Waals surface area contributed by atoms with Crippen LogP contribution in [0.15, 0.2) is 0 Å². The average molecular weight is 199 g/mol. The van der Waals surface area contributed by atoms with E-state index in [9.17, 15) is 9.90 Å². The lowest BCUT2D eigenvalue weighted by molar-refractivity contribution is -0.0468. The molecular formula is C10H17NO3. The summed E-state index contributed by atoms with van der Waals surface area (Å²) < 4.78 is 5.60. The van der Waals surface area contributed by atoms with Gasteiger partial charge < -0.3 is 9.84 Å². The summed E-state index contributed by atoms with van der Waals surface area (Å²) in [5.74, 6) is 0. The van der Waals surface area contributed by atoms with Gasteiger partial charge in [0.15, 0.2) is 0 Å². The zero-order valence-electron chi connectivity index (χ0n) is 8.75. The monoisotopic (exact) mass is 199 g/mol. The summed E-state index contributed by atoms with van der Waals surface area (Å²) in [6.45, 7) is 4.22. The van der Waals surface area contributed by atoms with Crippen molar-refractivity contribution in [2.75, 3.05) is 6.61 Å². The van der Waals surface area contributed by atoms with Crippen LogP contribution in [-0.2, 0) is 4.74 Å². The van der Waals surface area contributed by atoms with Crippen molar-refractivity contribution in [2.45, 2.75) is 50.8 Å². The van der Waals surface area contributed by atoms with Gasteiger partial charge in [-0.2, -0.15) is 0 Å². The number of rotatable bonds is 0.